The lowest BCUT2D eigenvalue weighted by Gasteiger charge is -2.05. The van der Waals surface area contributed by atoms with E-state index in [1.165, 1.54) is 0 Å². The molecule has 0 saturated heterocycles. The molecule has 1 aromatic rings. The molecule has 1 aliphatic rings. The van der Waals surface area contributed by atoms with Gasteiger partial charge in [-0.05, 0) is 17.2 Å². The number of benzene rings is 1. The average Bonchev–Trinajstić information content (AvgIpc) is 2.29. The first-order chi connectivity index (χ1) is 7.92. The van der Waals surface area contributed by atoms with Crippen molar-refractivity contribution >= 4 is 5.57 Å². The van der Waals surface area contributed by atoms with E-state index in [1.807, 2.05) is 36.4 Å². The summed E-state index contributed by atoms with van der Waals surface area (Å²) in [7, 11) is 0. The monoisotopic (exact) mass is 205 g/mol. The predicted molar refractivity (Wildman–Crippen MR) is 65.3 cm³/mol. The Bertz CT molecular complexity index is 545. The first-order valence-corrected chi connectivity index (χ1v) is 5.24. The molecule has 0 bridgehead atoms. The molecule has 0 radical (unpaired) electrons. The van der Waals surface area contributed by atoms with Crippen LogP contribution in [0.1, 0.15) is 24.0 Å². The SMILES string of the molecule is N#Cc1ccccc1C1=CCC#CCC=C1. The third kappa shape index (κ3) is 2.22. The molecule has 0 spiro atoms. The van der Waals surface area contributed by atoms with E-state index in [-0.39, 0.29) is 0 Å². The van der Waals surface area contributed by atoms with Crippen molar-refractivity contribution in [2.24, 2.45) is 0 Å². The molecule has 0 aromatic heterocycles. The standard InChI is InChI=1S/C15H11N/c16-12-14-10-6-7-11-15(14)13-8-4-2-1-3-5-9-13/h4,6-11H,2,5H2. The zero-order chi connectivity index (χ0) is 11.2. The quantitative estimate of drug-likeness (QED) is 0.645. The van der Waals surface area contributed by atoms with Crippen molar-refractivity contribution in [2.75, 3.05) is 0 Å². The first-order valence-electron chi connectivity index (χ1n) is 5.24. The molecule has 0 atom stereocenters. The summed E-state index contributed by atoms with van der Waals surface area (Å²) in [4.78, 5) is 0. The molecule has 2 rings (SSSR count). The molecular weight excluding hydrogens is 194 g/mol. The highest BCUT2D eigenvalue weighted by Crippen LogP contribution is 2.21. The summed E-state index contributed by atoms with van der Waals surface area (Å²) < 4.78 is 0. The highest BCUT2D eigenvalue weighted by Gasteiger charge is 2.03. The van der Waals surface area contributed by atoms with Gasteiger partial charge in [0.05, 0.1) is 11.6 Å². The Balaban J connectivity index is 2.45. The van der Waals surface area contributed by atoms with Crippen molar-refractivity contribution in [1.82, 2.24) is 0 Å². The molecule has 1 aliphatic carbocycles. The molecule has 0 fully saturated rings. The van der Waals surface area contributed by atoms with E-state index in [0.717, 1.165) is 24.0 Å². The third-order valence-corrected chi connectivity index (χ3v) is 2.42. The maximum Gasteiger partial charge on any atom is 0.0998 e. The highest BCUT2D eigenvalue weighted by atomic mass is 14.2. The van der Waals surface area contributed by atoms with Gasteiger partial charge in [-0.3, -0.25) is 0 Å². The molecule has 16 heavy (non-hydrogen) atoms. The zero-order valence-corrected chi connectivity index (χ0v) is 8.90. The van der Waals surface area contributed by atoms with Crippen molar-refractivity contribution < 1.29 is 0 Å². The third-order valence-electron chi connectivity index (χ3n) is 2.42. The smallest absolute Gasteiger partial charge is 0.0998 e. The molecule has 1 heteroatoms. The second kappa shape index (κ2) is 5.01. The Labute approximate surface area is 95.7 Å². The van der Waals surface area contributed by atoms with Crippen LogP contribution in [0.25, 0.3) is 5.57 Å². The number of hydrogen-bond acceptors (Lipinski definition) is 1. The number of allylic oxidation sites excluding steroid dienone is 4. The molecule has 0 heterocycles. The normalized spacial score (nSPS) is 13.8. The number of nitriles is 1. The van der Waals surface area contributed by atoms with Crippen molar-refractivity contribution in [2.45, 2.75) is 12.8 Å². The maximum atomic E-state index is 9.05. The topological polar surface area (TPSA) is 23.8 Å². The molecular formula is C15H11N. The lowest BCUT2D eigenvalue weighted by Crippen LogP contribution is -1.88. The fraction of sp³-hybridized carbons (Fsp3) is 0.133. The van der Waals surface area contributed by atoms with Gasteiger partial charge in [-0.25, -0.2) is 0 Å². The van der Waals surface area contributed by atoms with E-state index in [4.69, 9.17) is 5.26 Å². The van der Waals surface area contributed by atoms with Crippen LogP contribution in [0, 0.1) is 23.2 Å². The van der Waals surface area contributed by atoms with Crippen LogP contribution in [-0.4, -0.2) is 0 Å². The lowest BCUT2D eigenvalue weighted by molar-refractivity contribution is 1.38. The Morgan fingerprint density at radius 2 is 1.94 bits per heavy atom. The summed E-state index contributed by atoms with van der Waals surface area (Å²) in [6.45, 7) is 0. The maximum absolute atomic E-state index is 9.05. The van der Waals surface area contributed by atoms with Crippen LogP contribution in [0.3, 0.4) is 0 Å². The Morgan fingerprint density at radius 1 is 1.12 bits per heavy atom. The van der Waals surface area contributed by atoms with Crippen LogP contribution in [0.2, 0.25) is 0 Å². The first kappa shape index (κ1) is 10.3. The van der Waals surface area contributed by atoms with Gasteiger partial charge in [-0.1, -0.05) is 48.3 Å². The summed E-state index contributed by atoms with van der Waals surface area (Å²) in [6, 6.07) is 9.87. The van der Waals surface area contributed by atoms with E-state index >= 15 is 0 Å². The molecule has 0 saturated carbocycles. The number of hydrogen-bond donors (Lipinski definition) is 0. The molecule has 1 nitrogen and oxygen atoms in total. The van der Waals surface area contributed by atoms with E-state index in [2.05, 4.69) is 24.0 Å². The summed E-state index contributed by atoms with van der Waals surface area (Å²) in [5.41, 5.74) is 2.79. The molecule has 1 aromatic carbocycles. The van der Waals surface area contributed by atoms with Gasteiger partial charge in [0.1, 0.15) is 0 Å². The van der Waals surface area contributed by atoms with Crippen LogP contribution in [0.15, 0.2) is 42.5 Å². The van der Waals surface area contributed by atoms with Crippen molar-refractivity contribution in [3.8, 4) is 17.9 Å². The van der Waals surface area contributed by atoms with E-state index in [9.17, 15) is 0 Å². The van der Waals surface area contributed by atoms with Crippen LogP contribution in [-0.2, 0) is 0 Å². The second-order valence-electron chi connectivity index (χ2n) is 3.48. The van der Waals surface area contributed by atoms with Gasteiger partial charge in [0.2, 0.25) is 0 Å². The van der Waals surface area contributed by atoms with Crippen LogP contribution in [0.4, 0.5) is 0 Å². The lowest BCUT2D eigenvalue weighted by atomic mass is 9.98. The van der Waals surface area contributed by atoms with Gasteiger partial charge >= 0.3 is 0 Å². The molecule has 76 valence electrons. The Kier molecular flexibility index (Phi) is 3.22. The number of nitrogens with zero attached hydrogens (tertiary/aromatic N) is 1. The summed E-state index contributed by atoms with van der Waals surface area (Å²) in [5.74, 6) is 6.11. The predicted octanol–water partition coefficient (Wildman–Crippen LogP) is 3.30. The van der Waals surface area contributed by atoms with Crippen LogP contribution >= 0.6 is 0 Å². The minimum Gasteiger partial charge on any atom is -0.192 e. The van der Waals surface area contributed by atoms with Gasteiger partial charge < -0.3 is 0 Å². The van der Waals surface area contributed by atoms with E-state index in [0.29, 0.717) is 5.56 Å². The van der Waals surface area contributed by atoms with Gasteiger partial charge in [-0.15, -0.1) is 0 Å². The molecule has 0 amide bonds. The molecule has 0 aliphatic heterocycles. The van der Waals surface area contributed by atoms with Gasteiger partial charge in [0.25, 0.3) is 0 Å². The van der Waals surface area contributed by atoms with Crippen molar-refractivity contribution in [3.05, 3.63) is 53.6 Å². The van der Waals surface area contributed by atoms with Gasteiger partial charge in [-0.2, -0.15) is 5.26 Å². The minimum atomic E-state index is 0.715. The molecule has 0 N–H and O–H groups in total. The van der Waals surface area contributed by atoms with Crippen LogP contribution in [0.5, 0.6) is 0 Å². The average molecular weight is 205 g/mol. The zero-order valence-electron chi connectivity index (χ0n) is 8.90. The Morgan fingerprint density at radius 3 is 2.81 bits per heavy atom. The summed E-state index contributed by atoms with van der Waals surface area (Å²) in [5, 5.41) is 9.05. The Hall–Kier alpha value is -2.25. The van der Waals surface area contributed by atoms with E-state index < -0.39 is 0 Å². The largest absolute Gasteiger partial charge is 0.192 e. The number of rotatable bonds is 1. The van der Waals surface area contributed by atoms with Gasteiger partial charge in [0.15, 0.2) is 0 Å². The fourth-order valence-electron chi connectivity index (χ4n) is 1.65. The van der Waals surface area contributed by atoms with Gasteiger partial charge in [0, 0.05) is 12.8 Å². The molecule has 0 unspecified atom stereocenters. The highest BCUT2D eigenvalue weighted by molar-refractivity contribution is 5.78. The second-order valence-corrected chi connectivity index (χ2v) is 3.48. The van der Waals surface area contributed by atoms with Crippen molar-refractivity contribution in [1.29, 1.82) is 5.26 Å². The van der Waals surface area contributed by atoms with Crippen LogP contribution < -0.4 is 0 Å². The summed E-state index contributed by atoms with van der Waals surface area (Å²) >= 11 is 0. The van der Waals surface area contributed by atoms with Crippen molar-refractivity contribution in [3.63, 3.8) is 0 Å². The summed E-state index contributed by atoms with van der Waals surface area (Å²) in [6.07, 6.45) is 7.68. The minimum absolute atomic E-state index is 0.715. The van der Waals surface area contributed by atoms with E-state index in [1.54, 1.807) is 0 Å². The fourth-order valence-corrected chi connectivity index (χ4v) is 1.65.